The van der Waals surface area contributed by atoms with Gasteiger partial charge >= 0.3 is 5.97 Å². The summed E-state index contributed by atoms with van der Waals surface area (Å²) in [5, 5.41) is 27.6. The third-order valence-electron chi connectivity index (χ3n) is 6.35. The van der Waals surface area contributed by atoms with Crippen molar-refractivity contribution in [3.05, 3.63) is 33.8 Å². The van der Waals surface area contributed by atoms with Crippen molar-refractivity contribution in [1.29, 1.82) is 0 Å². The van der Waals surface area contributed by atoms with E-state index in [2.05, 4.69) is 10.3 Å². The molecule has 1 aromatic rings. The van der Waals surface area contributed by atoms with Gasteiger partial charge in [-0.2, -0.15) is 0 Å². The van der Waals surface area contributed by atoms with Gasteiger partial charge in [0.25, 0.3) is 0 Å². The topological polar surface area (TPSA) is 109 Å². The number of esters is 1. The number of aromatic nitrogens is 1. The van der Waals surface area contributed by atoms with Crippen LogP contribution in [-0.4, -0.2) is 57.8 Å². The normalized spacial score (nSPS) is 31.8. The second kappa shape index (κ2) is 12.0. The Hall–Kier alpha value is -1.87. The summed E-state index contributed by atoms with van der Waals surface area (Å²) in [6.07, 6.45) is 4.17. The molecule has 33 heavy (non-hydrogen) atoms. The average molecular weight is 479 g/mol. The Morgan fingerprint density at radius 1 is 1.27 bits per heavy atom. The summed E-state index contributed by atoms with van der Waals surface area (Å²) in [4.78, 5) is 30.3. The van der Waals surface area contributed by atoms with Crippen LogP contribution in [0.15, 0.2) is 23.1 Å². The number of ether oxygens (including phenoxy) is 1. The van der Waals surface area contributed by atoms with Gasteiger partial charge < -0.3 is 20.3 Å². The highest BCUT2D eigenvalue weighted by molar-refractivity contribution is 7.09. The summed E-state index contributed by atoms with van der Waals surface area (Å²) in [6, 6.07) is -0.289. The molecule has 0 fully saturated rings. The number of thiazole rings is 1. The smallest absolute Gasteiger partial charge is 0.309 e. The minimum Gasteiger partial charge on any atom is -0.457 e. The number of carbonyl (C=O) groups is 2. The molecule has 2 heterocycles. The molecular formula is C25H38N2O5S. The van der Waals surface area contributed by atoms with Gasteiger partial charge in [-0.3, -0.25) is 9.59 Å². The number of carbonyl (C=O) groups excluding carboxylic acids is 2. The number of ketones is 1. The zero-order valence-corrected chi connectivity index (χ0v) is 21.3. The molecule has 0 saturated carbocycles. The first-order chi connectivity index (χ1) is 15.4. The zero-order valence-electron chi connectivity index (χ0n) is 20.5. The third kappa shape index (κ3) is 7.57. The number of hydrogen-bond acceptors (Lipinski definition) is 8. The molecular weight excluding hydrogens is 440 g/mol. The Morgan fingerprint density at radius 2 is 1.97 bits per heavy atom. The highest BCUT2D eigenvalue weighted by atomic mass is 32.1. The Balaban J connectivity index is 2.27. The summed E-state index contributed by atoms with van der Waals surface area (Å²) >= 11 is 1.55. The van der Waals surface area contributed by atoms with Gasteiger partial charge in [-0.25, -0.2) is 4.98 Å². The summed E-state index contributed by atoms with van der Waals surface area (Å²) in [5.41, 5.74) is 0.460. The monoisotopic (exact) mass is 478 g/mol. The molecule has 0 radical (unpaired) electrons. The fourth-order valence-corrected chi connectivity index (χ4v) is 4.48. The minimum absolute atomic E-state index is 0.289. The highest BCUT2D eigenvalue weighted by Crippen LogP contribution is 2.30. The third-order valence-corrected chi connectivity index (χ3v) is 7.15. The van der Waals surface area contributed by atoms with Crippen LogP contribution in [0.4, 0.5) is 0 Å². The van der Waals surface area contributed by atoms with Crippen molar-refractivity contribution in [2.45, 2.75) is 85.2 Å². The minimum atomic E-state index is -1.23. The first-order valence-corrected chi connectivity index (χ1v) is 12.4. The van der Waals surface area contributed by atoms with Gasteiger partial charge in [0.2, 0.25) is 0 Å². The quantitative estimate of drug-likeness (QED) is 0.441. The molecule has 2 rings (SSSR count). The number of nitrogens with zero attached hydrogens (tertiary/aromatic N) is 1. The Morgan fingerprint density at radius 3 is 2.61 bits per heavy atom. The maximum atomic E-state index is 13.1. The Bertz CT molecular complexity index is 876. The van der Waals surface area contributed by atoms with Crippen molar-refractivity contribution in [3.63, 3.8) is 0 Å². The van der Waals surface area contributed by atoms with E-state index in [9.17, 15) is 19.8 Å². The maximum Gasteiger partial charge on any atom is 0.309 e. The van der Waals surface area contributed by atoms with E-state index in [-0.39, 0.29) is 18.2 Å². The Kier molecular flexibility index (Phi) is 9.97. The van der Waals surface area contributed by atoms with Crippen molar-refractivity contribution < 1.29 is 24.5 Å². The van der Waals surface area contributed by atoms with E-state index in [0.29, 0.717) is 13.0 Å². The lowest BCUT2D eigenvalue weighted by Gasteiger charge is -2.34. The molecule has 0 spiro atoms. The average Bonchev–Trinajstić information content (AvgIpc) is 3.16. The number of aliphatic hydroxyl groups is 2. The molecule has 184 valence electrons. The first kappa shape index (κ1) is 27.4. The largest absolute Gasteiger partial charge is 0.457 e. The second-order valence-electron chi connectivity index (χ2n) is 9.48. The van der Waals surface area contributed by atoms with Gasteiger partial charge in [0, 0.05) is 23.8 Å². The van der Waals surface area contributed by atoms with Crippen molar-refractivity contribution in [2.24, 2.45) is 11.3 Å². The fraction of sp³-hybridized carbons (Fsp3) is 0.640. The van der Waals surface area contributed by atoms with Crippen LogP contribution in [0.2, 0.25) is 0 Å². The van der Waals surface area contributed by atoms with Crippen LogP contribution >= 0.6 is 11.3 Å². The lowest BCUT2D eigenvalue weighted by molar-refractivity contribution is -0.154. The van der Waals surface area contributed by atoms with Gasteiger partial charge in [0.05, 0.1) is 34.7 Å². The van der Waals surface area contributed by atoms with E-state index in [0.717, 1.165) is 22.7 Å². The van der Waals surface area contributed by atoms with Crippen LogP contribution in [0, 0.1) is 18.3 Å². The zero-order chi connectivity index (χ0) is 24.8. The molecule has 0 saturated heterocycles. The molecule has 8 heteroatoms. The SMILES string of the molecule is C/C(=C\c1csc(C)n1)[C@@H]1C/C=C\CCN[C@H](C)[C@H](O)[C@@H](C)C(=O)C(C)(C)[C@@H](O)CC(=O)O1. The maximum absolute atomic E-state index is 13.1. The molecule has 3 N–H and O–H groups in total. The van der Waals surface area contributed by atoms with Gasteiger partial charge in [0.1, 0.15) is 11.9 Å². The summed E-state index contributed by atoms with van der Waals surface area (Å²) in [7, 11) is 0. The van der Waals surface area contributed by atoms with Crippen LogP contribution in [0.3, 0.4) is 0 Å². The van der Waals surface area contributed by atoms with E-state index in [4.69, 9.17) is 4.74 Å². The number of aliphatic hydroxyl groups excluding tert-OH is 2. The van der Waals surface area contributed by atoms with E-state index in [1.807, 2.05) is 44.4 Å². The van der Waals surface area contributed by atoms with Crippen LogP contribution in [0.25, 0.3) is 6.08 Å². The van der Waals surface area contributed by atoms with E-state index < -0.39 is 35.6 Å². The number of Topliss-reactive ketones (excluding diaryl/α,β-unsaturated/α-hetero) is 1. The molecule has 7 nitrogen and oxygen atoms in total. The van der Waals surface area contributed by atoms with Crippen LogP contribution < -0.4 is 5.32 Å². The van der Waals surface area contributed by atoms with Crippen LogP contribution in [0.5, 0.6) is 0 Å². The number of aryl methyl sites for hydroxylation is 1. The Labute approximate surface area is 201 Å². The summed E-state index contributed by atoms with van der Waals surface area (Å²) in [6.45, 7) is 11.2. The van der Waals surface area contributed by atoms with Crippen LogP contribution in [-0.2, 0) is 14.3 Å². The molecule has 5 atom stereocenters. The number of rotatable bonds is 2. The number of nitrogens with one attached hydrogen (secondary N) is 1. The molecule has 0 aromatic carbocycles. The molecule has 0 amide bonds. The molecule has 1 aromatic heterocycles. The van der Waals surface area contributed by atoms with E-state index >= 15 is 0 Å². The summed E-state index contributed by atoms with van der Waals surface area (Å²) < 4.78 is 5.74. The van der Waals surface area contributed by atoms with Crippen molar-refractivity contribution in [3.8, 4) is 0 Å². The van der Waals surface area contributed by atoms with Crippen molar-refractivity contribution in [2.75, 3.05) is 6.54 Å². The lowest BCUT2D eigenvalue weighted by Crippen LogP contribution is -2.49. The van der Waals surface area contributed by atoms with Crippen LogP contribution in [0.1, 0.15) is 64.6 Å². The summed E-state index contributed by atoms with van der Waals surface area (Å²) in [5.74, 6) is -1.56. The molecule has 1 aliphatic rings. The number of hydrogen-bond donors (Lipinski definition) is 3. The standard InChI is InChI=1S/C25H38N2O5S/c1-15(12-19-14-33-18(4)27-19)20-10-8-7-9-11-26-17(3)23(30)16(2)24(31)25(5,6)21(28)13-22(29)32-20/h7-8,12,14,16-17,20-21,23,26,28,30H,9-11,13H2,1-6H3/b8-7-,15-12+/t16-,17-,20+,21+,23-/m1/s1. The fourth-order valence-electron chi connectivity index (χ4n) is 3.91. The predicted molar refractivity (Wildman–Crippen MR) is 131 cm³/mol. The molecule has 0 unspecified atom stereocenters. The molecule has 1 aliphatic heterocycles. The second-order valence-corrected chi connectivity index (χ2v) is 10.5. The first-order valence-electron chi connectivity index (χ1n) is 11.5. The molecule has 0 aliphatic carbocycles. The van der Waals surface area contributed by atoms with Gasteiger partial charge in [-0.1, -0.05) is 32.9 Å². The highest BCUT2D eigenvalue weighted by Gasteiger charge is 2.42. The number of cyclic esters (lactones) is 1. The van der Waals surface area contributed by atoms with E-state index in [1.54, 1.807) is 32.1 Å². The van der Waals surface area contributed by atoms with Crippen molar-refractivity contribution >= 4 is 29.2 Å². The van der Waals surface area contributed by atoms with Crippen molar-refractivity contribution in [1.82, 2.24) is 10.3 Å². The predicted octanol–water partition coefficient (Wildman–Crippen LogP) is 3.44. The lowest BCUT2D eigenvalue weighted by atomic mass is 9.74. The van der Waals surface area contributed by atoms with Gasteiger partial charge in [0.15, 0.2) is 0 Å². The molecule has 0 bridgehead atoms. The van der Waals surface area contributed by atoms with E-state index in [1.165, 1.54) is 0 Å². The van der Waals surface area contributed by atoms with Gasteiger partial charge in [-0.15, -0.1) is 11.3 Å². The van der Waals surface area contributed by atoms with Gasteiger partial charge in [-0.05, 0) is 45.4 Å².